The standard InChI is InChI=1S/C13H13N3O/c1-7-4-5-11(17-7)12-8(2)9(3)16-13(15)10(12)6-14/h4-5H,1-3H3,(H2,15,16). The topological polar surface area (TPSA) is 75.8 Å². The van der Waals surface area contributed by atoms with E-state index in [1.54, 1.807) is 0 Å². The number of hydrogen-bond acceptors (Lipinski definition) is 4. The summed E-state index contributed by atoms with van der Waals surface area (Å²) in [7, 11) is 0. The number of nitrogens with zero attached hydrogens (tertiary/aromatic N) is 2. The molecular weight excluding hydrogens is 214 g/mol. The van der Waals surface area contributed by atoms with Crippen LogP contribution in [0.25, 0.3) is 11.3 Å². The van der Waals surface area contributed by atoms with Crippen molar-refractivity contribution in [2.75, 3.05) is 5.73 Å². The van der Waals surface area contributed by atoms with Crippen LogP contribution < -0.4 is 5.73 Å². The number of aromatic nitrogens is 1. The van der Waals surface area contributed by atoms with Crippen molar-refractivity contribution in [2.24, 2.45) is 0 Å². The SMILES string of the molecule is Cc1ccc(-c2c(C)c(C)nc(N)c2C#N)o1. The predicted molar refractivity (Wildman–Crippen MR) is 65.3 cm³/mol. The molecule has 0 aromatic carbocycles. The van der Waals surface area contributed by atoms with Gasteiger partial charge in [0.2, 0.25) is 0 Å². The minimum Gasteiger partial charge on any atom is -0.461 e. The van der Waals surface area contributed by atoms with E-state index in [1.807, 2.05) is 32.9 Å². The molecule has 0 unspecified atom stereocenters. The molecule has 2 rings (SSSR count). The molecule has 0 saturated heterocycles. The normalized spacial score (nSPS) is 10.2. The van der Waals surface area contributed by atoms with E-state index in [2.05, 4.69) is 11.1 Å². The van der Waals surface area contributed by atoms with Crippen molar-refractivity contribution in [3.05, 3.63) is 34.7 Å². The van der Waals surface area contributed by atoms with E-state index in [9.17, 15) is 5.26 Å². The number of furan rings is 1. The molecule has 0 spiro atoms. The van der Waals surface area contributed by atoms with Crippen molar-refractivity contribution in [3.63, 3.8) is 0 Å². The van der Waals surface area contributed by atoms with Crippen molar-refractivity contribution in [2.45, 2.75) is 20.8 Å². The minimum atomic E-state index is 0.250. The van der Waals surface area contributed by atoms with Gasteiger partial charge in [0.25, 0.3) is 0 Å². The van der Waals surface area contributed by atoms with Crippen molar-refractivity contribution in [1.29, 1.82) is 5.26 Å². The van der Waals surface area contributed by atoms with E-state index in [4.69, 9.17) is 10.2 Å². The number of nitrogen functional groups attached to an aromatic ring is 1. The van der Waals surface area contributed by atoms with Crippen LogP contribution in [0.3, 0.4) is 0 Å². The summed E-state index contributed by atoms with van der Waals surface area (Å²) in [5.74, 6) is 1.71. The van der Waals surface area contributed by atoms with Crippen molar-refractivity contribution in [1.82, 2.24) is 4.98 Å². The second-order valence-electron chi connectivity index (χ2n) is 3.98. The molecule has 0 bridgehead atoms. The van der Waals surface area contributed by atoms with Crippen LogP contribution in [0, 0.1) is 32.1 Å². The van der Waals surface area contributed by atoms with Gasteiger partial charge in [-0.15, -0.1) is 0 Å². The van der Waals surface area contributed by atoms with Crippen LogP contribution in [0.1, 0.15) is 22.6 Å². The number of hydrogen-bond donors (Lipinski definition) is 1. The summed E-state index contributed by atoms with van der Waals surface area (Å²) in [6.45, 7) is 5.64. The zero-order valence-electron chi connectivity index (χ0n) is 10.0. The number of aryl methyl sites for hydroxylation is 2. The zero-order chi connectivity index (χ0) is 12.6. The first-order valence-electron chi connectivity index (χ1n) is 5.28. The Bertz CT molecular complexity index is 620. The molecule has 17 heavy (non-hydrogen) atoms. The monoisotopic (exact) mass is 227 g/mol. The van der Waals surface area contributed by atoms with Gasteiger partial charge in [0.15, 0.2) is 0 Å². The summed E-state index contributed by atoms with van der Waals surface area (Å²) in [6.07, 6.45) is 0. The lowest BCUT2D eigenvalue weighted by Crippen LogP contribution is -2.02. The smallest absolute Gasteiger partial charge is 0.142 e. The fraction of sp³-hybridized carbons (Fsp3) is 0.231. The van der Waals surface area contributed by atoms with Crippen LogP contribution in [0.4, 0.5) is 5.82 Å². The lowest BCUT2D eigenvalue weighted by Gasteiger charge is -2.10. The maximum Gasteiger partial charge on any atom is 0.142 e. The molecule has 0 radical (unpaired) electrons. The number of nitrogens with two attached hydrogens (primary N) is 1. The highest BCUT2D eigenvalue weighted by Gasteiger charge is 2.17. The van der Waals surface area contributed by atoms with Crippen molar-refractivity contribution in [3.8, 4) is 17.4 Å². The Balaban J connectivity index is 2.80. The van der Waals surface area contributed by atoms with Gasteiger partial charge < -0.3 is 10.2 Å². The summed E-state index contributed by atoms with van der Waals surface area (Å²) in [4.78, 5) is 4.15. The maximum atomic E-state index is 9.17. The van der Waals surface area contributed by atoms with E-state index >= 15 is 0 Å². The first-order chi connectivity index (χ1) is 8.04. The molecule has 2 aromatic heterocycles. The molecule has 2 heterocycles. The molecule has 4 heteroatoms. The van der Waals surface area contributed by atoms with E-state index < -0.39 is 0 Å². The van der Waals surface area contributed by atoms with Crippen LogP contribution in [0.15, 0.2) is 16.5 Å². The van der Waals surface area contributed by atoms with Gasteiger partial charge in [0.05, 0.1) is 0 Å². The predicted octanol–water partition coefficient (Wildman–Crippen LogP) is 2.72. The van der Waals surface area contributed by atoms with Crippen LogP contribution >= 0.6 is 0 Å². The molecule has 0 saturated carbocycles. The highest BCUT2D eigenvalue weighted by Crippen LogP contribution is 2.32. The summed E-state index contributed by atoms with van der Waals surface area (Å²) in [6, 6.07) is 5.80. The molecule has 2 N–H and O–H groups in total. The Morgan fingerprint density at radius 3 is 2.53 bits per heavy atom. The molecule has 0 aliphatic heterocycles. The Labute approximate surface area is 99.7 Å². The first kappa shape index (κ1) is 11.2. The van der Waals surface area contributed by atoms with Gasteiger partial charge in [-0.3, -0.25) is 0 Å². The maximum absolute atomic E-state index is 9.17. The van der Waals surface area contributed by atoms with E-state index in [1.165, 1.54) is 0 Å². The third-order valence-corrected chi connectivity index (χ3v) is 2.81. The van der Waals surface area contributed by atoms with Crippen LogP contribution in [0.2, 0.25) is 0 Å². The van der Waals surface area contributed by atoms with Gasteiger partial charge in [-0.2, -0.15) is 5.26 Å². The summed E-state index contributed by atoms with van der Waals surface area (Å²) in [5, 5.41) is 9.17. The Morgan fingerprint density at radius 2 is 2.00 bits per heavy atom. The molecule has 0 fully saturated rings. The van der Waals surface area contributed by atoms with Crippen LogP contribution in [-0.2, 0) is 0 Å². The molecule has 0 amide bonds. The second-order valence-corrected chi connectivity index (χ2v) is 3.98. The highest BCUT2D eigenvalue weighted by atomic mass is 16.3. The number of anilines is 1. The Kier molecular flexibility index (Phi) is 2.60. The van der Waals surface area contributed by atoms with Crippen molar-refractivity contribution >= 4 is 5.82 Å². The quantitative estimate of drug-likeness (QED) is 0.812. The van der Waals surface area contributed by atoms with E-state index in [0.717, 1.165) is 22.6 Å². The average molecular weight is 227 g/mol. The molecule has 0 aliphatic rings. The number of pyridine rings is 1. The largest absolute Gasteiger partial charge is 0.461 e. The summed E-state index contributed by atoms with van der Waals surface area (Å²) in [5.41, 5.74) is 8.62. The second kappa shape index (κ2) is 3.95. The fourth-order valence-electron chi connectivity index (χ4n) is 1.81. The van der Waals surface area contributed by atoms with Crippen LogP contribution in [0.5, 0.6) is 0 Å². The molecule has 86 valence electrons. The lowest BCUT2D eigenvalue weighted by molar-refractivity contribution is 0.547. The van der Waals surface area contributed by atoms with Gasteiger partial charge >= 0.3 is 0 Å². The molecule has 0 atom stereocenters. The van der Waals surface area contributed by atoms with Gasteiger partial charge in [0.1, 0.15) is 29.0 Å². The third kappa shape index (κ3) is 1.76. The Morgan fingerprint density at radius 1 is 1.29 bits per heavy atom. The van der Waals surface area contributed by atoms with Gasteiger partial charge in [-0.05, 0) is 38.5 Å². The van der Waals surface area contributed by atoms with E-state index in [0.29, 0.717) is 11.3 Å². The molecule has 2 aromatic rings. The fourth-order valence-corrected chi connectivity index (χ4v) is 1.81. The summed E-state index contributed by atoms with van der Waals surface area (Å²) >= 11 is 0. The van der Waals surface area contributed by atoms with Gasteiger partial charge in [0, 0.05) is 11.3 Å². The summed E-state index contributed by atoms with van der Waals surface area (Å²) < 4.78 is 5.57. The number of rotatable bonds is 1. The zero-order valence-corrected chi connectivity index (χ0v) is 10.0. The first-order valence-corrected chi connectivity index (χ1v) is 5.28. The van der Waals surface area contributed by atoms with E-state index in [-0.39, 0.29) is 5.82 Å². The van der Waals surface area contributed by atoms with Gasteiger partial charge in [-0.25, -0.2) is 4.98 Å². The molecule has 4 nitrogen and oxygen atoms in total. The molecule has 0 aliphatic carbocycles. The molecular formula is C13H13N3O. The Hall–Kier alpha value is -2.28. The van der Waals surface area contributed by atoms with Crippen molar-refractivity contribution < 1.29 is 4.42 Å². The number of nitriles is 1. The lowest BCUT2D eigenvalue weighted by atomic mass is 10.00. The highest BCUT2D eigenvalue weighted by molar-refractivity contribution is 5.75. The van der Waals surface area contributed by atoms with Crippen LogP contribution in [-0.4, -0.2) is 4.98 Å². The third-order valence-electron chi connectivity index (χ3n) is 2.81. The minimum absolute atomic E-state index is 0.250. The van der Waals surface area contributed by atoms with Gasteiger partial charge in [-0.1, -0.05) is 0 Å². The average Bonchev–Trinajstić information content (AvgIpc) is 2.69.